The molecule has 1 aliphatic rings. The van der Waals surface area contributed by atoms with Crippen molar-refractivity contribution < 1.29 is 4.79 Å². The molecule has 1 aliphatic carbocycles. The Balaban J connectivity index is 0.00000364. The van der Waals surface area contributed by atoms with Gasteiger partial charge in [-0.15, -0.1) is 24.0 Å². The predicted octanol–water partition coefficient (Wildman–Crippen LogP) is 3.53. The molecule has 0 unspecified atom stereocenters. The van der Waals surface area contributed by atoms with Gasteiger partial charge >= 0.3 is 0 Å². The van der Waals surface area contributed by atoms with Crippen LogP contribution in [0.1, 0.15) is 51.1 Å². The Bertz CT molecular complexity index is 613. The number of carbonyl (C=O) groups excluding carboxylic acids is 1. The van der Waals surface area contributed by atoms with Crippen LogP contribution in [0.15, 0.2) is 17.3 Å². The minimum Gasteiger partial charge on any atom is -0.357 e. The Hall–Kier alpha value is -0.960. The average Bonchev–Trinajstić information content (AvgIpc) is 2.92. The third-order valence-electron chi connectivity index (χ3n) is 4.74. The second-order valence-electron chi connectivity index (χ2n) is 7.00. The number of aryl methyl sites for hydroxylation is 1. The zero-order valence-electron chi connectivity index (χ0n) is 16.6. The van der Waals surface area contributed by atoms with Gasteiger partial charge in [-0.3, -0.25) is 9.79 Å². The highest BCUT2D eigenvalue weighted by atomic mass is 127. The van der Waals surface area contributed by atoms with E-state index in [2.05, 4.69) is 15.6 Å². The molecule has 2 N–H and O–H groups in total. The van der Waals surface area contributed by atoms with Gasteiger partial charge in [0.25, 0.3) is 0 Å². The van der Waals surface area contributed by atoms with Crippen molar-refractivity contribution in [3.05, 3.63) is 23.0 Å². The molecular formula is C19H33ClIN5O. The van der Waals surface area contributed by atoms with Crippen LogP contribution >= 0.6 is 35.6 Å². The molecule has 1 fully saturated rings. The van der Waals surface area contributed by atoms with Gasteiger partial charge in [0.2, 0.25) is 5.91 Å². The van der Waals surface area contributed by atoms with E-state index in [-0.39, 0.29) is 29.9 Å². The van der Waals surface area contributed by atoms with Crippen LogP contribution in [0, 0.1) is 0 Å². The number of rotatable bonds is 7. The topological polar surface area (TPSA) is 61.7 Å². The number of halogens is 2. The summed E-state index contributed by atoms with van der Waals surface area (Å²) in [7, 11) is 3.97. The number of nitrogens with one attached hydrogen (secondary N) is 2. The van der Waals surface area contributed by atoms with Crippen LogP contribution in [0.4, 0.5) is 0 Å². The standard InChI is InChI=1S/C19H32ClN5O.HI/c1-4-21-19(25(3)14-17-12-15(20)13-24(17)2)22-11-10-18(26)23-16-8-6-5-7-9-16;/h12-13,16H,4-11,14H2,1-3H3,(H,21,22)(H,23,26);1H. The van der Waals surface area contributed by atoms with E-state index in [1.165, 1.54) is 19.3 Å². The van der Waals surface area contributed by atoms with E-state index in [9.17, 15) is 4.79 Å². The van der Waals surface area contributed by atoms with Gasteiger partial charge in [-0.2, -0.15) is 0 Å². The van der Waals surface area contributed by atoms with E-state index in [4.69, 9.17) is 11.6 Å². The number of hydrogen-bond donors (Lipinski definition) is 2. The minimum absolute atomic E-state index is 0. The number of aliphatic imine (C=N–C) groups is 1. The highest BCUT2D eigenvalue weighted by Crippen LogP contribution is 2.17. The molecule has 1 aromatic rings. The maximum atomic E-state index is 12.1. The molecule has 1 heterocycles. The van der Waals surface area contributed by atoms with Crippen LogP contribution in [-0.2, 0) is 18.4 Å². The maximum Gasteiger partial charge on any atom is 0.222 e. The van der Waals surface area contributed by atoms with Gasteiger partial charge < -0.3 is 20.1 Å². The number of nitrogens with zero attached hydrogens (tertiary/aromatic N) is 3. The van der Waals surface area contributed by atoms with Crippen LogP contribution in [0.2, 0.25) is 5.02 Å². The molecule has 0 radical (unpaired) electrons. The van der Waals surface area contributed by atoms with Crippen LogP contribution in [0.5, 0.6) is 0 Å². The lowest BCUT2D eigenvalue weighted by Crippen LogP contribution is -2.39. The summed E-state index contributed by atoms with van der Waals surface area (Å²) in [6.07, 6.45) is 8.28. The minimum atomic E-state index is 0. The molecule has 0 saturated heterocycles. The van der Waals surface area contributed by atoms with Crippen molar-refractivity contribution >= 4 is 47.4 Å². The van der Waals surface area contributed by atoms with Crippen molar-refractivity contribution in [2.24, 2.45) is 12.0 Å². The van der Waals surface area contributed by atoms with E-state index in [0.717, 1.165) is 36.1 Å². The Kier molecular flexibility index (Phi) is 11.1. The summed E-state index contributed by atoms with van der Waals surface area (Å²) in [6, 6.07) is 2.32. The molecule has 0 aliphatic heterocycles. The first-order valence-electron chi connectivity index (χ1n) is 9.59. The van der Waals surface area contributed by atoms with E-state index in [1.54, 1.807) is 0 Å². The fraction of sp³-hybridized carbons (Fsp3) is 0.684. The highest BCUT2D eigenvalue weighted by Gasteiger charge is 2.15. The van der Waals surface area contributed by atoms with Crippen LogP contribution in [0.25, 0.3) is 0 Å². The van der Waals surface area contributed by atoms with Crippen molar-refractivity contribution in [2.45, 2.75) is 58.0 Å². The molecule has 1 aromatic heterocycles. The van der Waals surface area contributed by atoms with Gasteiger partial charge in [-0.05, 0) is 25.8 Å². The highest BCUT2D eigenvalue weighted by molar-refractivity contribution is 14.0. The number of carbonyl (C=O) groups is 1. The van der Waals surface area contributed by atoms with E-state index < -0.39 is 0 Å². The van der Waals surface area contributed by atoms with Gasteiger partial charge in [-0.25, -0.2) is 0 Å². The lowest BCUT2D eigenvalue weighted by Gasteiger charge is -2.23. The molecule has 6 nitrogen and oxygen atoms in total. The van der Waals surface area contributed by atoms with Crippen molar-refractivity contribution in [3.8, 4) is 0 Å². The Labute approximate surface area is 185 Å². The van der Waals surface area contributed by atoms with Crippen molar-refractivity contribution in [1.82, 2.24) is 20.1 Å². The van der Waals surface area contributed by atoms with Crippen molar-refractivity contribution in [2.75, 3.05) is 20.1 Å². The van der Waals surface area contributed by atoms with Crippen LogP contribution < -0.4 is 10.6 Å². The van der Waals surface area contributed by atoms with Gasteiger partial charge in [0.1, 0.15) is 0 Å². The zero-order chi connectivity index (χ0) is 18.9. The monoisotopic (exact) mass is 509 g/mol. The summed E-state index contributed by atoms with van der Waals surface area (Å²) in [5.74, 6) is 0.906. The smallest absolute Gasteiger partial charge is 0.222 e. The van der Waals surface area contributed by atoms with E-state index >= 15 is 0 Å². The summed E-state index contributed by atoms with van der Waals surface area (Å²) in [5, 5.41) is 7.16. The Morgan fingerprint density at radius 3 is 2.67 bits per heavy atom. The first kappa shape index (κ1) is 24.1. The molecule has 1 saturated carbocycles. The number of hydrogen-bond acceptors (Lipinski definition) is 2. The van der Waals surface area contributed by atoms with Crippen molar-refractivity contribution in [3.63, 3.8) is 0 Å². The van der Waals surface area contributed by atoms with E-state index in [1.807, 2.05) is 42.7 Å². The Morgan fingerprint density at radius 1 is 1.37 bits per heavy atom. The van der Waals surface area contributed by atoms with E-state index in [0.29, 0.717) is 25.6 Å². The zero-order valence-corrected chi connectivity index (χ0v) is 19.7. The molecular weight excluding hydrogens is 477 g/mol. The number of aromatic nitrogens is 1. The molecule has 0 bridgehead atoms. The maximum absolute atomic E-state index is 12.1. The molecule has 2 rings (SSSR count). The summed E-state index contributed by atoms with van der Waals surface area (Å²) >= 11 is 6.06. The van der Waals surface area contributed by atoms with Crippen LogP contribution in [-0.4, -0.2) is 47.5 Å². The Morgan fingerprint density at radius 2 is 2.07 bits per heavy atom. The van der Waals surface area contributed by atoms with Gasteiger partial charge in [-0.1, -0.05) is 30.9 Å². The molecule has 1 amide bonds. The first-order chi connectivity index (χ1) is 12.5. The molecule has 27 heavy (non-hydrogen) atoms. The summed E-state index contributed by atoms with van der Waals surface area (Å²) in [4.78, 5) is 18.8. The van der Waals surface area contributed by atoms with Crippen LogP contribution in [0.3, 0.4) is 0 Å². The molecule has 0 spiro atoms. The predicted molar refractivity (Wildman–Crippen MR) is 123 cm³/mol. The average molecular weight is 510 g/mol. The molecule has 0 atom stereocenters. The molecule has 8 heteroatoms. The lowest BCUT2D eigenvalue weighted by molar-refractivity contribution is -0.121. The SMILES string of the molecule is CCNC(=NCCC(=O)NC1CCCCC1)N(C)Cc1cc(Cl)cn1C.I. The van der Waals surface area contributed by atoms with Gasteiger partial charge in [0.05, 0.1) is 18.1 Å². The summed E-state index contributed by atoms with van der Waals surface area (Å²) in [5.41, 5.74) is 1.11. The normalized spacial score (nSPS) is 15.2. The summed E-state index contributed by atoms with van der Waals surface area (Å²) < 4.78 is 2.01. The molecule has 154 valence electrons. The second-order valence-corrected chi connectivity index (χ2v) is 7.44. The lowest BCUT2D eigenvalue weighted by atomic mass is 9.95. The fourth-order valence-corrected chi connectivity index (χ4v) is 3.59. The second kappa shape index (κ2) is 12.5. The van der Waals surface area contributed by atoms with Gasteiger partial charge in [0, 0.05) is 45.0 Å². The quantitative estimate of drug-likeness (QED) is 0.336. The van der Waals surface area contributed by atoms with Gasteiger partial charge in [0.15, 0.2) is 5.96 Å². The first-order valence-corrected chi connectivity index (χ1v) is 9.97. The fourth-order valence-electron chi connectivity index (χ4n) is 3.32. The molecule has 0 aromatic carbocycles. The third kappa shape index (κ3) is 8.29. The van der Waals surface area contributed by atoms with Crippen molar-refractivity contribution in [1.29, 1.82) is 0 Å². The number of guanidine groups is 1. The third-order valence-corrected chi connectivity index (χ3v) is 4.95. The number of amides is 1. The largest absolute Gasteiger partial charge is 0.357 e. The summed E-state index contributed by atoms with van der Waals surface area (Å²) in [6.45, 7) is 4.01.